The lowest BCUT2D eigenvalue weighted by atomic mass is 10.0. The summed E-state index contributed by atoms with van der Waals surface area (Å²) in [6.07, 6.45) is 42.8. The molecule has 0 aromatic rings. The van der Waals surface area contributed by atoms with Crippen LogP contribution >= 0.6 is 0 Å². The Morgan fingerprint density at radius 1 is 0.476 bits per heavy atom. The van der Waals surface area contributed by atoms with Gasteiger partial charge in [0.1, 0.15) is 6.04 Å². The number of carbonyl (C=O) groups is 2. The second-order valence-electron chi connectivity index (χ2n) is 12.9. The van der Waals surface area contributed by atoms with Crippen molar-refractivity contribution in [3.63, 3.8) is 0 Å². The van der Waals surface area contributed by atoms with Gasteiger partial charge in [-0.2, -0.15) is 0 Å². The van der Waals surface area contributed by atoms with E-state index in [1.165, 1.54) is 180 Å². The highest BCUT2D eigenvalue weighted by atomic mass is 16.6. The van der Waals surface area contributed by atoms with Crippen molar-refractivity contribution in [3.8, 4) is 0 Å². The van der Waals surface area contributed by atoms with Crippen LogP contribution in [-0.2, 0) is 14.3 Å². The fraction of sp³-hybridized carbons (Fsp3) is 0.946. The van der Waals surface area contributed by atoms with Crippen molar-refractivity contribution in [3.05, 3.63) is 0 Å². The number of rotatable bonds is 34. The Kier molecular flexibility index (Phi) is 33.8. The molecular weight excluding hydrogens is 522 g/mol. The third kappa shape index (κ3) is 32.0. The fourth-order valence-corrected chi connectivity index (χ4v) is 5.78. The average molecular weight is 596 g/mol. The Balaban J connectivity index is 3.13. The molecule has 1 atom stereocenters. The SMILES string of the molecule is CCCCCCCCCCCCCCCCCCCCCCCCCCCCCCCCCC(=O)OC(=O)[C@@H](N)CO. The summed E-state index contributed by atoms with van der Waals surface area (Å²) in [6.45, 7) is 1.79. The van der Waals surface area contributed by atoms with Crippen LogP contribution in [0.4, 0.5) is 0 Å². The summed E-state index contributed by atoms with van der Waals surface area (Å²) < 4.78 is 4.61. The highest BCUT2D eigenvalue weighted by Gasteiger charge is 2.17. The van der Waals surface area contributed by atoms with Crippen LogP contribution in [0.1, 0.15) is 212 Å². The number of aliphatic hydroxyl groups is 1. The van der Waals surface area contributed by atoms with Gasteiger partial charge in [-0.05, 0) is 6.42 Å². The molecule has 0 saturated carbocycles. The molecule has 0 heterocycles. The molecule has 3 N–H and O–H groups in total. The van der Waals surface area contributed by atoms with E-state index >= 15 is 0 Å². The summed E-state index contributed by atoms with van der Waals surface area (Å²) >= 11 is 0. The van der Waals surface area contributed by atoms with Gasteiger partial charge in [-0.1, -0.05) is 200 Å². The number of hydrogen-bond acceptors (Lipinski definition) is 5. The minimum absolute atomic E-state index is 0.240. The van der Waals surface area contributed by atoms with Crippen molar-refractivity contribution in [1.29, 1.82) is 0 Å². The van der Waals surface area contributed by atoms with Gasteiger partial charge in [-0.15, -0.1) is 0 Å². The molecule has 42 heavy (non-hydrogen) atoms. The summed E-state index contributed by atoms with van der Waals surface area (Å²) in [7, 11) is 0. The monoisotopic (exact) mass is 596 g/mol. The van der Waals surface area contributed by atoms with Crippen LogP contribution < -0.4 is 5.73 Å². The first-order valence-corrected chi connectivity index (χ1v) is 18.7. The molecule has 0 aromatic heterocycles. The molecule has 0 aliphatic carbocycles. The van der Waals surface area contributed by atoms with Gasteiger partial charge in [-0.25, -0.2) is 4.79 Å². The number of nitrogens with two attached hydrogens (primary N) is 1. The van der Waals surface area contributed by atoms with Gasteiger partial charge < -0.3 is 15.6 Å². The number of ether oxygens (including phenoxy) is 1. The van der Waals surface area contributed by atoms with Gasteiger partial charge in [0.2, 0.25) is 0 Å². The molecule has 250 valence electrons. The lowest BCUT2D eigenvalue weighted by Gasteiger charge is -2.07. The molecule has 5 nitrogen and oxygen atoms in total. The Morgan fingerprint density at radius 3 is 0.952 bits per heavy atom. The van der Waals surface area contributed by atoms with Crippen LogP contribution in [0.3, 0.4) is 0 Å². The van der Waals surface area contributed by atoms with Gasteiger partial charge in [0, 0.05) is 6.42 Å². The molecule has 0 bridgehead atoms. The van der Waals surface area contributed by atoms with E-state index in [4.69, 9.17) is 10.8 Å². The number of esters is 2. The molecule has 5 heteroatoms. The number of carbonyl (C=O) groups excluding carboxylic acids is 2. The predicted octanol–water partition coefficient (Wildman–Crippen LogP) is 10.9. The maximum absolute atomic E-state index is 11.6. The largest absolute Gasteiger partial charge is 0.394 e. The first-order valence-electron chi connectivity index (χ1n) is 18.7. The van der Waals surface area contributed by atoms with Crippen LogP contribution in [0.5, 0.6) is 0 Å². The third-order valence-electron chi connectivity index (χ3n) is 8.70. The maximum atomic E-state index is 11.6. The Labute approximate surface area is 261 Å². The molecule has 0 aliphatic heterocycles. The summed E-state index contributed by atoms with van der Waals surface area (Å²) in [4.78, 5) is 22.9. The summed E-state index contributed by atoms with van der Waals surface area (Å²) in [5.74, 6) is -1.39. The van der Waals surface area contributed by atoms with E-state index in [9.17, 15) is 9.59 Å². The minimum Gasteiger partial charge on any atom is -0.394 e. The highest BCUT2D eigenvalue weighted by Crippen LogP contribution is 2.17. The normalized spacial score (nSPS) is 12.1. The molecule has 0 aromatic carbocycles. The van der Waals surface area contributed by atoms with E-state index in [1.54, 1.807) is 0 Å². The van der Waals surface area contributed by atoms with E-state index in [-0.39, 0.29) is 6.42 Å². The molecule has 0 saturated heterocycles. The lowest BCUT2D eigenvalue weighted by molar-refractivity contribution is -0.161. The van der Waals surface area contributed by atoms with Crippen LogP contribution in [0.2, 0.25) is 0 Å². The summed E-state index contributed by atoms with van der Waals surface area (Å²) in [5, 5.41) is 8.78. The van der Waals surface area contributed by atoms with E-state index in [2.05, 4.69) is 11.7 Å². The van der Waals surface area contributed by atoms with Crippen LogP contribution in [0, 0.1) is 0 Å². The summed E-state index contributed by atoms with van der Waals surface area (Å²) in [6, 6.07) is -1.13. The zero-order chi connectivity index (χ0) is 30.8. The van der Waals surface area contributed by atoms with E-state index in [0.717, 1.165) is 19.3 Å². The maximum Gasteiger partial charge on any atom is 0.332 e. The second-order valence-corrected chi connectivity index (χ2v) is 12.9. The Morgan fingerprint density at radius 2 is 0.714 bits per heavy atom. The van der Waals surface area contributed by atoms with Gasteiger partial charge in [0.25, 0.3) is 0 Å². The van der Waals surface area contributed by atoms with Crippen molar-refractivity contribution in [2.45, 2.75) is 218 Å². The standard InChI is InChI=1S/C37H73NO4/c1-2-3-4-5-6-7-8-9-10-11-12-13-14-15-16-17-18-19-20-21-22-23-24-25-26-27-28-29-30-31-32-33-36(40)42-37(41)35(38)34-39/h35,39H,2-34,38H2,1H3/t35-/m0/s1. The zero-order valence-electron chi connectivity index (χ0n) is 28.2. The number of hydrogen-bond donors (Lipinski definition) is 2. The predicted molar refractivity (Wildman–Crippen MR) is 180 cm³/mol. The Bertz CT molecular complexity index is 568. The first-order chi connectivity index (χ1) is 20.6. The van der Waals surface area contributed by atoms with Gasteiger partial charge in [0.15, 0.2) is 0 Å². The molecule has 0 rings (SSSR count). The van der Waals surface area contributed by atoms with Crippen molar-refractivity contribution in [2.75, 3.05) is 6.61 Å². The van der Waals surface area contributed by atoms with Crippen molar-refractivity contribution >= 4 is 11.9 Å². The molecule has 0 aliphatic rings. The third-order valence-corrected chi connectivity index (χ3v) is 8.70. The quantitative estimate of drug-likeness (QED) is 0.0439. The van der Waals surface area contributed by atoms with Gasteiger partial charge >= 0.3 is 11.9 Å². The van der Waals surface area contributed by atoms with Crippen LogP contribution in [0.25, 0.3) is 0 Å². The summed E-state index contributed by atoms with van der Waals surface area (Å²) in [5.41, 5.74) is 5.32. The van der Waals surface area contributed by atoms with Gasteiger partial charge in [-0.3, -0.25) is 4.79 Å². The topological polar surface area (TPSA) is 89.6 Å². The molecule has 0 unspecified atom stereocenters. The van der Waals surface area contributed by atoms with Crippen molar-refractivity contribution < 1.29 is 19.4 Å². The highest BCUT2D eigenvalue weighted by molar-refractivity contribution is 5.88. The number of unbranched alkanes of at least 4 members (excludes halogenated alkanes) is 30. The first kappa shape index (κ1) is 41.1. The van der Waals surface area contributed by atoms with Crippen LogP contribution in [0.15, 0.2) is 0 Å². The zero-order valence-corrected chi connectivity index (χ0v) is 28.2. The van der Waals surface area contributed by atoms with Crippen LogP contribution in [-0.4, -0.2) is 29.7 Å². The minimum atomic E-state index is -1.13. The Hall–Kier alpha value is -0.940. The molecule has 0 fully saturated rings. The lowest BCUT2D eigenvalue weighted by Crippen LogP contribution is -2.36. The van der Waals surface area contributed by atoms with E-state index in [0.29, 0.717) is 0 Å². The molecule has 0 amide bonds. The van der Waals surface area contributed by atoms with Crippen molar-refractivity contribution in [2.24, 2.45) is 5.73 Å². The van der Waals surface area contributed by atoms with Crippen molar-refractivity contribution in [1.82, 2.24) is 0 Å². The average Bonchev–Trinajstić information content (AvgIpc) is 2.99. The van der Waals surface area contributed by atoms with Gasteiger partial charge in [0.05, 0.1) is 6.61 Å². The van der Waals surface area contributed by atoms with E-state index < -0.39 is 24.6 Å². The smallest absolute Gasteiger partial charge is 0.332 e. The second kappa shape index (κ2) is 34.5. The molecule has 0 spiro atoms. The molecule has 0 radical (unpaired) electrons. The van der Waals surface area contributed by atoms with E-state index in [1.807, 2.05) is 0 Å². The fourth-order valence-electron chi connectivity index (χ4n) is 5.78. The number of aliphatic hydroxyl groups excluding tert-OH is 1. The molecular formula is C37H73NO4.